The van der Waals surface area contributed by atoms with Crippen LogP contribution in [0.3, 0.4) is 0 Å². The summed E-state index contributed by atoms with van der Waals surface area (Å²) < 4.78 is 27.7. The maximum Gasteiger partial charge on any atom is 0.243 e. The highest BCUT2D eigenvalue weighted by Crippen LogP contribution is 2.21. The Morgan fingerprint density at radius 3 is 2.44 bits per heavy atom. The van der Waals surface area contributed by atoms with Crippen molar-refractivity contribution in [3.05, 3.63) is 30.3 Å². The topological polar surface area (TPSA) is 89.9 Å². The average Bonchev–Trinajstić information content (AvgIpc) is 2.71. The third-order valence-corrected chi connectivity index (χ3v) is 7.37. The van der Waals surface area contributed by atoms with Crippen LogP contribution in [0.5, 0.6) is 0 Å². The predicted octanol–water partition coefficient (Wildman–Crippen LogP) is 2.85. The molecule has 0 spiro atoms. The zero-order valence-corrected chi connectivity index (χ0v) is 21.1. The van der Waals surface area contributed by atoms with Crippen LogP contribution in [0.2, 0.25) is 0 Å². The molecule has 1 heterocycles. The van der Waals surface area contributed by atoms with E-state index in [1.807, 2.05) is 34.6 Å². The molecule has 0 radical (unpaired) electrons. The smallest absolute Gasteiger partial charge is 0.243 e. The van der Waals surface area contributed by atoms with Crippen LogP contribution in [0, 0.1) is 5.92 Å². The predicted molar refractivity (Wildman–Crippen MR) is 128 cm³/mol. The van der Waals surface area contributed by atoms with Crippen LogP contribution in [-0.2, 0) is 14.8 Å². The number of likely N-dealkylation sites (tertiary alicyclic amines) is 1. The molecular formula is C24H41N3O4S. The quantitative estimate of drug-likeness (QED) is 0.552. The van der Waals surface area contributed by atoms with Gasteiger partial charge in [0.05, 0.1) is 17.0 Å². The monoisotopic (exact) mass is 467 g/mol. The molecule has 7 nitrogen and oxygen atoms in total. The van der Waals surface area contributed by atoms with E-state index in [2.05, 4.69) is 10.2 Å². The second kappa shape index (κ2) is 11.6. The van der Waals surface area contributed by atoms with Crippen LogP contribution in [0.1, 0.15) is 60.3 Å². The van der Waals surface area contributed by atoms with Crippen LogP contribution in [0.4, 0.5) is 0 Å². The van der Waals surface area contributed by atoms with Crippen molar-refractivity contribution >= 4 is 15.9 Å². The Morgan fingerprint density at radius 1 is 1.19 bits per heavy atom. The lowest BCUT2D eigenvalue weighted by Gasteiger charge is -2.37. The van der Waals surface area contributed by atoms with Gasteiger partial charge in [0.25, 0.3) is 0 Å². The summed E-state index contributed by atoms with van der Waals surface area (Å²) in [6.07, 6.45) is 2.45. The number of benzene rings is 1. The van der Waals surface area contributed by atoms with Crippen molar-refractivity contribution in [2.24, 2.45) is 5.92 Å². The number of hydrogen-bond acceptors (Lipinski definition) is 5. The van der Waals surface area contributed by atoms with E-state index < -0.39 is 16.1 Å². The van der Waals surface area contributed by atoms with E-state index in [1.165, 1.54) is 4.31 Å². The zero-order valence-electron chi connectivity index (χ0n) is 20.3. The molecule has 1 aliphatic heterocycles. The van der Waals surface area contributed by atoms with E-state index in [0.717, 1.165) is 25.8 Å². The van der Waals surface area contributed by atoms with Crippen LogP contribution in [0.15, 0.2) is 35.2 Å². The van der Waals surface area contributed by atoms with Gasteiger partial charge in [0.2, 0.25) is 15.9 Å². The summed E-state index contributed by atoms with van der Waals surface area (Å²) in [4.78, 5) is 15.1. The van der Waals surface area contributed by atoms with E-state index in [9.17, 15) is 18.3 Å². The van der Waals surface area contributed by atoms with Gasteiger partial charge in [-0.05, 0) is 64.6 Å². The van der Waals surface area contributed by atoms with E-state index in [-0.39, 0.29) is 34.8 Å². The number of nitrogens with zero attached hydrogens (tertiary/aromatic N) is 2. The van der Waals surface area contributed by atoms with Gasteiger partial charge in [-0.2, -0.15) is 4.31 Å². The normalized spacial score (nSPS) is 19.3. The number of nitrogens with one attached hydrogen (secondary N) is 1. The molecule has 1 fully saturated rings. The average molecular weight is 468 g/mol. The Hall–Kier alpha value is -1.48. The van der Waals surface area contributed by atoms with Crippen LogP contribution in [-0.4, -0.2) is 72.5 Å². The third-order valence-electron chi connectivity index (χ3n) is 5.53. The third kappa shape index (κ3) is 8.14. The first-order chi connectivity index (χ1) is 14.9. The molecule has 1 saturated heterocycles. The Labute approximate surface area is 194 Å². The summed E-state index contributed by atoms with van der Waals surface area (Å²) in [6.45, 7) is 11.6. The molecule has 32 heavy (non-hydrogen) atoms. The molecule has 182 valence electrons. The first kappa shape index (κ1) is 26.8. The number of hydrogen-bond donors (Lipinski definition) is 2. The Morgan fingerprint density at radius 2 is 1.84 bits per heavy atom. The van der Waals surface area contributed by atoms with E-state index in [4.69, 9.17) is 0 Å². The van der Waals surface area contributed by atoms with Crippen molar-refractivity contribution < 1.29 is 18.3 Å². The summed E-state index contributed by atoms with van der Waals surface area (Å²) in [5, 5.41) is 13.8. The van der Waals surface area contributed by atoms with Gasteiger partial charge in [-0.15, -0.1) is 0 Å². The minimum absolute atomic E-state index is 0.0276. The number of sulfonamides is 1. The Bertz CT molecular complexity index is 821. The fraction of sp³-hybridized carbons (Fsp3) is 0.708. The Balaban J connectivity index is 2.03. The maximum atomic E-state index is 13.1. The minimum atomic E-state index is -3.68. The summed E-state index contributed by atoms with van der Waals surface area (Å²) in [5.41, 5.74) is -0.289. The summed E-state index contributed by atoms with van der Waals surface area (Å²) in [7, 11) is -3.68. The molecule has 0 aliphatic carbocycles. The summed E-state index contributed by atoms with van der Waals surface area (Å²) in [6, 6.07) is 8.16. The summed E-state index contributed by atoms with van der Waals surface area (Å²) in [5.74, 6) is 0.160. The fourth-order valence-electron chi connectivity index (χ4n) is 4.07. The number of amides is 1. The van der Waals surface area contributed by atoms with Gasteiger partial charge in [-0.25, -0.2) is 8.42 Å². The van der Waals surface area contributed by atoms with Crippen molar-refractivity contribution in [1.82, 2.24) is 14.5 Å². The fourth-order valence-corrected chi connectivity index (χ4v) is 5.73. The van der Waals surface area contributed by atoms with Crippen molar-refractivity contribution in [2.45, 2.75) is 82.9 Å². The molecule has 1 aromatic carbocycles. The van der Waals surface area contributed by atoms with Crippen molar-refractivity contribution in [1.29, 1.82) is 0 Å². The molecule has 0 aromatic heterocycles. The van der Waals surface area contributed by atoms with Crippen LogP contribution in [0.25, 0.3) is 0 Å². The van der Waals surface area contributed by atoms with Crippen molar-refractivity contribution in [3.63, 3.8) is 0 Å². The van der Waals surface area contributed by atoms with Gasteiger partial charge in [0.1, 0.15) is 0 Å². The molecular weight excluding hydrogens is 426 g/mol. The number of piperidine rings is 1. The van der Waals surface area contributed by atoms with Gasteiger partial charge < -0.3 is 10.4 Å². The number of rotatable bonds is 10. The van der Waals surface area contributed by atoms with Gasteiger partial charge >= 0.3 is 0 Å². The first-order valence-corrected chi connectivity index (χ1v) is 13.1. The van der Waals surface area contributed by atoms with Crippen LogP contribution >= 0.6 is 0 Å². The standard InChI is InChI=1S/C24H41N3O4S/c1-19(2)17-27(32(30,31)21-11-7-6-8-12-21)18-20(28)14-16-26-15-10-9-13-22(26)23(29)25-24(3,4)5/h6-8,11-12,19-20,22,28H,9-10,13-18H2,1-5H3,(H,25,29)/t20?,22-/m0/s1. The lowest BCUT2D eigenvalue weighted by atomic mass is 9.99. The molecule has 2 rings (SSSR count). The number of aliphatic hydroxyl groups excluding tert-OH is 1. The second-order valence-electron chi connectivity index (χ2n) is 10.3. The minimum Gasteiger partial charge on any atom is -0.392 e. The van der Waals surface area contributed by atoms with E-state index in [0.29, 0.717) is 19.5 Å². The zero-order chi connectivity index (χ0) is 23.9. The molecule has 0 bridgehead atoms. The molecule has 1 amide bonds. The van der Waals surface area contributed by atoms with Crippen LogP contribution < -0.4 is 5.32 Å². The SMILES string of the molecule is CC(C)CN(CC(O)CCN1CCCC[C@H]1C(=O)NC(C)(C)C)S(=O)(=O)c1ccccc1. The number of carbonyl (C=O) groups is 1. The molecule has 1 aliphatic rings. The molecule has 2 N–H and O–H groups in total. The molecule has 2 atom stereocenters. The number of aliphatic hydroxyl groups is 1. The van der Waals surface area contributed by atoms with Gasteiger partial charge in [0, 0.05) is 25.2 Å². The highest BCUT2D eigenvalue weighted by Gasteiger charge is 2.32. The highest BCUT2D eigenvalue weighted by atomic mass is 32.2. The lowest BCUT2D eigenvalue weighted by Crippen LogP contribution is -2.54. The lowest BCUT2D eigenvalue weighted by molar-refractivity contribution is -0.129. The summed E-state index contributed by atoms with van der Waals surface area (Å²) >= 11 is 0. The van der Waals surface area contributed by atoms with Gasteiger partial charge in [-0.3, -0.25) is 9.69 Å². The van der Waals surface area contributed by atoms with E-state index in [1.54, 1.807) is 30.3 Å². The molecule has 8 heteroatoms. The largest absolute Gasteiger partial charge is 0.392 e. The van der Waals surface area contributed by atoms with Gasteiger partial charge in [0.15, 0.2) is 0 Å². The van der Waals surface area contributed by atoms with Crippen molar-refractivity contribution in [3.8, 4) is 0 Å². The first-order valence-electron chi connectivity index (χ1n) is 11.7. The molecule has 1 aromatic rings. The van der Waals surface area contributed by atoms with E-state index >= 15 is 0 Å². The highest BCUT2D eigenvalue weighted by molar-refractivity contribution is 7.89. The van der Waals surface area contributed by atoms with Crippen molar-refractivity contribution in [2.75, 3.05) is 26.2 Å². The Kier molecular flexibility index (Phi) is 9.69. The molecule has 1 unspecified atom stereocenters. The second-order valence-corrected chi connectivity index (χ2v) is 12.2. The number of carbonyl (C=O) groups excluding carboxylic acids is 1. The molecule has 0 saturated carbocycles. The van der Waals surface area contributed by atoms with Gasteiger partial charge in [-0.1, -0.05) is 38.5 Å². The maximum absolute atomic E-state index is 13.1.